The van der Waals surface area contributed by atoms with Crippen molar-refractivity contribution in [3.63, 3.8) is 0 Å². The molecule has 2 aromatic heterocycles. The van der Waals surface area contributed by atoms with Crippen LogP contribution in [0.2, 0.25) is 0 Å². The van der Waals surface area contributed by atoms with Gasteiger partial charge in [0.25, 0.3) is 0 Å². The van der Waals surface area contributed by atoms with Crippen molar-refractivity contribution < 1.29 is 4.39 Å². The average molecular weight is 351 g/mol. The summed E-state index contributed by atoms with van der Waals surface area (Å²) in [5.41, 5.74) is 2.15. The van der Waals surface area contributed by atoms with E-state index in [1.54, 1.807) is 24.5 Å². The summed E-state index contributed by atoms with van der Waals surface area (Å²) < 4.78 is 15.1. The van der Waals surface area contributed by atoms with Gasteiger partial charge in [0.1, 0.15) is 5.82 Å². The maximum Gasteiger partial charge on any atom is 0.233 e. The fourth-order valence-electron chi connectivity index (χ4n) is 3.48. The van der Waals surface area contributed by atoms with E-state index in [2.05, 4.69) is 26.3 Å². The van der Waals surface area contributed by atoms with Crippen molar-refractivity contribution in [1.82, 2.24) is 19.4 Å². The molecule has 134 valence electrons. The zero-order valence-corrected chi connectivity index (χ0v) is 14.6. The van der Waals surface area contributed by atoms with Crippen molar-refractivity contribution in [3.05, 3.63) is 72.6 Å². The summed E-state index contributed by atoms with van der Waals surface area (Å²) in [6.07, 6.45) is 7.78. The summed E-state index contributed by atoms with van der Waals surface area (Å²) in [5, 5.41) is 3.52. The summed E-state index contributed by atoms with van der Waals surface area (Å²) in [7, 11) is 0. The molecule has 1 aliphatic rings. The van der Waals surface area contributed by atoms with Gasteiger partial charge in [-0.05, 0) is 61.9 Å². The molecule has 6 heteroatoms. The van der Waals surface area contributed by atoms with E-state index in [9.17, 15) is 4.39 Å². The van der Waals surface area contributed by atoms with Gasteiger partial charge in [-0.1, -0.05) is 0 Å². The van der Waals surface area contributed by atoms with Gasteiger partial charge in [-0.3, -0.25) is 9.47 Å². The van der Waals surface area contributed by atoms with Crippen LogP contribution in [0.1, 0.15) is 18.5 Å². The second-order valence-corrected chi connectivity index (χ2v) is 6.64. The number of rotatable bonds is 5. The number of aromatic nitrogens is 3. The highest BCUT2D eigenvalue weighted by atomic mass is 19.1. The Morgan fingerprint density at radius 2 is 1.88 bits per heavy atom. The molecule has 0 aliphatic carbocycles. The van der Waals surface area contributed by atoms with Crippen LogP contribution in [0.15, 0.2) is 61.1 Å². The van der Waals surface area contributed by atoms with E-state index < -0.39 is 0 Å². The topological polar surface area (TPSA) is 46.0 Å². The normalized spacial score (nSPS) is 18.0. The molecule has 1 saturated heterocycles. The molecule has 0 bridgehead atoms. The Morgan fingerprint density at radius 3 is 2.69 bits per heavy atom. The largest absolute Gasteiger partial charge is 0.381 e. The third-order valence-corrected chi connectivity index (χ3v) is 4.71. The van der Waals surface area contributed by atoms with Crippen molar-refractivity contribution in [2.45, 2.75) is 25.4 Å². The van der Waals surface area contributed by atoms with Gasteiger partial charge in [0, 0.05) is 49.1 Å². The SMILES string of the molecule is Fc1ccc(N[C@@H]2CCCN(Cc3cccn3-c3ncccn3)C2)cc1. The fraction of sp³-hybridized carbons (Fsp3) is 0.300. The Labute approximate surface area is 152 Å². The molecule has 0 unspecified atom stereocenters. The zero-order chi connectivity index (χ0) is 17.8. The number of nitrogens with zero attached hydrogens (tertiary/aromatic N) is 4. The minimum atomic E-state index is -0.204. The number of nitrogens with one attached hydrogen (secondary N) is 1. The van der Waals surface area contributed by atoms with Crippen LogP contribution in [0, 0.1) is 5.82 Å². The van der Waals surface area contributed by atoms with Crippen LogP contribution in [-0.4, -0.2) is 38.6 Å². The number of anilines is 1. The number of likely N-dealkylation sites (tertiary alicyclic amines) is 1. The van der Waals surface area contributed by atoms with Gasteiger partial charge in [0.15, 0.2) is 0 Å². The van der Waals surface area contributed by atoms with Crippen LogP contribution in [0.3, 0.4) is 0 Å². The number of benzene rings is 1. The van der Waals surface area contributed by atoms with Crippen molar-refractivity contribution >= 4 is 5.69 Å². The second kappa shape index (κ2) is 7.66. The van der Waals surface area contributed by atoms with Crippen LogP contribution in [0.25, 0.3) is 5.95 Å². The molecule has 1 aromatic carbocycles. The van der Waals surface area contributed by atoms with Crippen LogP contribution >= 0.6 is 0 Å². The molecule has 1 fully saturated rings. The van der Waals surface area contributed by atoms with Gasteiger partial charge in [-0.25, -0.2) is 14.4 Å². The third kappa shape index (κ3) is 3.91. The summed E-state index contributed by atoms with van der Waals surface area (Å²) in [4.78, 5) is 11.1. The molecule has 4 rings (SSSR count). The summed E-state index contributed by atoms with van der Waals surface area (Å²) in [6.45, 7) is 2.88. The molecule has 3 heterocycles. The van der Waals surface area contributed by atoms with Gasteiger partial charge >= 0.3 is 0 Å². The number of halogens is 1. The predicted octanol–water partition coefficient (Wildman–Crippen LogP) is 3.48. The first-order valence-corrected chi connectivity index (χ1v) is 8.96. The average Bonchev–Trinajstić information content (AvgIpc) is 3.13. The van der Waals surface area contributed by atoms with Crippen LogP contribution < -0.4 is 5.32 Å². The lowest BCUT2D eigenvalue weighted by Crippen LogP contribution is -2.41. The van der Waals surface area contributed by atoms with Crippen LogP contribution in [0.5, 0.6) is 0 Å². The molecular weight excluding hydrogens is 329 g/mol. The lowest BCUT2D eigenvalue weighted by molar-refractivity contribution is 0.205. The van der Waals surface area contributed by atoms with E-state index in [1.165, 1.54) is 17.8 Å². The third-order valence-electron chi connectivity index (χ3n) is 4.71. The molecule has 0 saturated carbocycles. The monoisotopic (exact) mass is 351 g/mol. The highest BCUT2D eigenvalue weighted by Gasteiger charge is 2.21. The molecule has 0 spiro atoms. The Morgan fingerprint density at radius 1 is 1.08 bits per heavy atom. The number of piperidine rings is 1. The minimum Gasteiger partial charge on any atom is -0.381 e. The van der Waals surface area contributed by atoms with Crippen molar-refractivity contribution in [2.24, 2.45) is 0 Å². The maximum atomic E-state index is 13.1. The lowest BCUT2D eigenvalue weighted by atomic mass is 10.0. The number of hydrogen-bond donors (Lipinski definition) is 1. The minimum absolute atomic E-state index is 0.204. The van der Waals surface area contributed by atoms with Crippen molar-refractivity contribution in [2.75, 3.05) is 18.4 Å². The van der Waals surface area contributed by atoms with E-state index in [0.29, 0.717) is 12.0 Å². The van der Waals surface area contributed by atoms with E-state index in [0.717, 1.165) is 38.2 Å². The molecule has 1 N–H and O–H groups in total. The summed E-state index contributed by atoms with van der Waals surface area (Å²) in [5.74, 6) is 0.496. The first-order chi connectivity index (χ1) is 12.8. The standard InChI is InChI=1S/C20H22FN5/c21-16-6-8-17(9-7-16)24-18-4-1-12-25(14-18)15-19-5-2-13-26(19)20-22-10-3-11-23-20/h2-3,5-11,13,18,24H,1,4,12,14-15H2/t18-/m1/s1. The van der Waals surface area contributed by atoms with E-state index >= 15 is 0 Å². The Kier molecular flexibility index (Phi) is 4.93. The van der Waals surface area contributed by atoms with Crippen molar-refractivity contribution in [3.8, 4) is 5.95 Å². The molecule has 0 radical (unpaired) electrons. The summed E-state index contributed by atoms with van der Waals surface area (Å²) >= 11 is 0. The van der Waals surface area contributed by atoms with Crippen LogP contribution in [-0.2, 0) is 6.54 Å². The van der Waals surface area contributed by atoms with Gasteiger partial charge in [-0.15, -0.1) is 0 Å². The molecule has 26 heavy (non-hydrogen) atoms. The molecule has 1 aliphatic heterocycles. The highest BCUT2D eigenvalue weighted by Crippen LogP contribution is 2.19. The molecule has 1 atom stereocenters. The van der Waals surface area contributed by atoms with E-state index in [1.807, 2.05) is 22.9 Å². The number of hydrogen-bond acceptors (Lipinski definition) is 4. The first kappa shape index (κ1) is 16.7. The Balaban J connectivity index is 1.41. The molecule has 3 aromatic rings. The van der Waals surface area contributed by atoms with Gasteiger partial charge < -0.3 is 5.32 Å². The van der Waals surface area contributed by atoms with Crippen LogP contribution in [0.4, 0.5) is 10.1 Å². The van der Waals surface area contributed by atoms with Crippen molar-refractivity contribution in [1.29, 1.82) is 0 Å². The van der Waals surface area contributed by atoms with Gasteiger partial charge in [0.05, 0.1) is 0 Å². The lowest BCUT2D eigenvalue weighted by Gasteiger charge is -2.33. The Bertz CT molecular complexity index is 831. The van der Waals surface area contributed by atoms with Gasteiger partial charge in [0.2, 0.25) is 5.95 Å². The van der Waals surface area contributed by atoms with E-state index in [-0.39, 0.29) is 5.82 Å². The van der Waals surface area contributed by atoms with Gasteiger partial charge in [-0.2, -0.15) is 0 Å². The zero-order valence-electron chi connectivity index (χ0n) is 14.6. The maximum absolute atomic E-state index is 13.1. The highest BCUT2D eigenvalue weighted by molar-refractivity contribution is 5.44. The quantitative estimate of drug-likeness (QED) is 0.764. The molecule has 5 nitrogen and oxygen atoms in total. The first-order valence-electron chi connectivity index (χ1n) is 8.96. The smallest absolute Gasteiger partial charge is 0.233 e. The summed E-state index contributed by atoms with van der Waals surface area (Å²) in [6, 6.07) is 12.9. The predicted molar refractivity (Wildman–Crippen MR) is 99.7 cm³/mol. The Hall–Kier alpha value is -2.73. The fourth-order valence-corrected chi connectivity index (χ4v) is 3.48. The molecular formula is C20H22FN5. The van der Waals surface area contributed by atoms with E-state index in [4.69, 9.17) is 0 Å². The molecule has 0 amide bonds. The second-order valence-electron chi connectivity index (χ2n) is 6.64.